The number of rotatable bonds is 12. The van der Waals surface area contributed by atoms with E-state index in [1.807, 2.05) is 50.5 Å². The topological polar surface area (TPSA) is 56.0 Å². The van der Waals surface area contributed by atoms with Crippen molar-refractivity contribution in [2.45, 2.75) is 69.5 Å². The predicted octanol–water partition coefficient (Wildman–Crippen LogP) is 5.25. The molecule has 0 bridgehead atoms. The molecule has 198 valence electrons. The van der Waals surface area contributed by atoms with Crippen molar-refractivity contribution in [3.05, 3.63) is 59.9 Å². The molecule has 1 aromatic rings. The lowest BCUT2D eigenvalue weighted by molar-refractivity contribution is -0.122. The lowest BCUT2D eigenvalue weighted by atomic mass is 9.68. The average molecular weight is 498 g/mol. The highest BCUT2D eigenvalue weighted by atomic mass is 16.6. The predicted molar refractivity (Wildman–Crippen MR) is 143 cm³/mol. The zero-order chi connectivity index (χ0) is 25.9. The molecule has 36 heavy (non-hydrogen) atoms. The molecule has 1 spiro atoms. The smallest absolute Gasteiger partial charge is 0.125 e. The standard InChI is InChI=1S/C30H43NO5/c1-21(2)8-15-26-29(4,36-26)28-27(32-7)25(16-17-30(28)20-34-30)35-22(3)9-10-23-11-13-24(14-12-23)33-19-18-31(5)6/h8-14,25-28H,3,15-20H2,1-2,4-7H3. The molecule has 0 radical (unpaired) electrons. The Labute approximate surface area is 216 Å². The first-order valence-corrected chi connectivity index (χ1v) is 13.1. The first kappa shape index (κ1) is 26.9. The molecule has 3 aliphatic rings. The van der Waals surface area contributed by atoms with Gasteiger partial charge in [-0.3, -0.25) is 0 Å². The molecule has 1 aromatic carbocycles. The SMILES string of the molecule is C=C(C=Cc1ccc(OCCN(C)C)cc1)OC1CCC2(CO2)C(C2(C)OC2CC=C(C)C)C1OC. The quantitative estimate of drug-likeness (QED) is 0.170. The second-order valence-electron chi connectivity index (χ2n) is 11.1. The molecule has 2 heterocycles. The highest BCUT2D eigenvalue weighted by Gasteiger charge is 2.72. The summed E-state index contributed by atoms with van der Waals surface area (Å²) in [6, 6.07) is 8.05. The lowest BCUT2D eigenvalue weighted by Gasteiger charge is -2.43. The van der Waals surface area contributed by atoms with Crippen LogP contribution in [0.4, 0.5) is 0 Å². The number of hydrogen-bond acceptors (Lipinski definition) is 6. The van der Waals surface area contributed by atoms with Crippen molar-refractivity contribution in [1.82, 2.24) is 4.90 Å². The van der Waals surface area contributed by atoms with Crippen molar-refractivity contribution < 1.29 is 23.7 Å². The van der Waals surface area contributed by atoms with Gasteiger partial charge in [0.05, 0.1) is 18.6 Å². The van der Waals surface area contributed by atoms with Gasteiger partial charge in [0.2, 0.25) is 0 Å². The summed E-state index contributed by atoms with van der Waals surface area (Å²) in [5.74, 6) is 1.62. The number of likely N-dealkylation sites (N-methyl/N-ethyl adjacent to an activating group) is 1. The summed E-state index contributed by atoms with van der Waals surface area (Å²) in [5.41, 5.74) is 1.96. The maximum atomic E-state index is 6.36. The third-order valence-corrected chi connectivity index (χ3v) is 7.69. The second kappa shape index (κ2) is 11.1. The summed E-state index contributed by atoms with van der Waals surface area (Å²) >= 11 is 0. The minimum Gasteiger partial charge on any atom is -0.492 e. The number of benzene rings is 1. The molecule has 2 aliphatic heterocycles. The van der Waals surface area contributed by atoms with Gasteiger partial charge >= 0.3 is 0 Å². The molecule has 2 saturated heterocycles. The fourth-order valence-electron chi connectivity index (χ4n) is 5.51. The minimum absolute atomic E-state index is 0.0930. The molecule has 6 atom stereocenters. The maximum absolute atomic E-state index is 6.36. The van der Waals surface area contributed by atoms with Crippen molar-refractivity contribution >= 4 is 6.08 Å². The Morgan fingerprint density at radius 2 is 1.94 bits per heavy atom. The molecule has 6 heteroatoms. The molecule has 6 nitrogen and oxygen atoms in total. The van der Waals surface area contributed by atoms with Crippen molar-refractivity contribution in [3.63, 3.8) is 0 Å². The van der Waals surface area contributed by atoms with Crippen LogP contribution in [0.2, 0.25) is 0 Å². The Morgan fingerprint density at radius 3 is 2.56 bits per heavy atom. The van der Waals surface area contributed by atoms with Gasteiger partial charge < -0.3 is 28.6 Å². The number of methoxy groups -OCH3 is 1. The summed E-state index contributed by atoms with van der Waals surface area (Å²) in [7, 11) is 5.84. The first-order valence-electron chi connectivity index (χ1n) is 13.1. The Hall–Kier alpha value is -2.12. The summed E-state index contributed by atoms with van der Waals surface area (Å²) in [4.78, 5) is 2.10. The summed E-state index contributed by atoms with van der Waals surface area (Å²) in [6.45, 7) is 13.0. The monoisotopic (exact) mass is 497 g/mol. The third-order valence-electron chi connectivity index (χ3n) is 7.69. The van der Waals surface area contributed by atoms with E-state index in [0.29, 0.717) is 12.4 Å². The molecule has 1 saturated carbocycles. The van der Waals surface area contributed by atoms with Crippen molar-refractivity contribution in [2.24, 2.45) is 5.92 Å². The van der Waals surface area contributed by atoms with Crippen molar-refractivity contribution in [1.29, 1.82) is 0 Å². The van der Waals surface area contributed by atoms with E-state index in [1.165, 1.54) is 5.57 Å². The van der Waals surface area contributed by atoms with E-state index in [4.69, 9.17) is 23.7 Å². The van der Waals surface area contributed by atoms with Crippen LogP contribution in [0.1, 0.15) is 45.6 Å². The summed E-state index contributed by atoms with van der Waals surface area (Å²) < 4.78 is 30.6. The van der Waals surface area contributed by atoms with Gasteiger partial charge in [0.1, 0.15) is 41.5 Å². The van der Waals surface area contributed by atoms with Gasteiger partial charge in [-0.05, 0) is 77.9 Å². The zero-order valence-corrected chi connectivity index (χ0v) is 22.8. The van der Waals surface area contributed by atoms with E-state index in [0.717, 1.165) is 43.7 Å². The van der Waals surface area contributed by atoms with Crippen LogP contribution >= 0.6 is 0 Å². The van der Waals surface area contributed by atoms with E-state index in [1.54, 1.807) is 7.11 Å². The van der Waals surface area contributed by atoms with E-state index < -0.39 is 0 Å². The number of allylic oxidation sites excluding steroid dienone is 2. The van der Waals surface area contributed by atoms with Crippen LogP contribution < -0.4 is 4.74 Å². The largest absolute Gasteiger partial charge is 0.492 e. The molecule has 1 aliphatic carbocycles. The zero-order valence-electron chi connectivity index (χ0n) is 22.8. The molecule has 4 rings (SSSR count). The Balaban J connectivity index is 1.36. The van der Waals surface area contributed by atoms with Crippen LogP contribution in [0.3, 0.4) is 0 Å². The third kappa shape index (κ3) is 6.23. The molecule has 3 fully saturated rings. The number of hydrogen-bond donors (Lipinski definition) is 0. The summed E-state index contributed by atoms with van der Waals surface area (Å²) in [6.07, 6.45) is 8.91. The molecular weight excluding hydrogens is 454 g/mol. The minimum atomic E-state index is -0.265. The highest BCUT2D eigenvalue weighted by molar-refractivity contribution is 5.53. The summed E-state index contributed by atoms with van der Waals surface area (Å²) in [5, 5.41) is 0. The van der Waals surface area contributed by atoms with Gasteiger partial charge in [-0.25, -0.2) is 0 Å². The van der Waals surface area contributed by atoms with Crippen molar-refractivity contribution in [3.8, 4) is 5.75 Å². The lowest BCUT2D eigenvalue weighted by Crippen LogP contribution is -2.55. The molecule has 0 aromatic heterocycles. The average Bonchev–Trinajstić information content (AvgIpc) is 3.75. The molecule has 0 amide bonds. The second-order valence-corrected chi connectivity index (χ2v) is 11.1. The van der Waals surface area contributed by atoms with Crippen LogP contribution in [0, 0.1) is 5.92 Å². The fraction of sp³-hybridized carbons (Fsp3) is 0.600. The maximum Gasteiger partial charge on any atom is 0.125 e. The number of ether oxygens (including phenoxy) is 5. The fourth-order valence-corrected chi connectivity index (χ4v) is 5.51. The Kier molecular flexibility index (Phi) is 8.30. The number of nitrogens with zero attached hydrogens (tertiary/aromatic N) is 1. The van der Waals surface area contributed by atoms with Gasteiger partial charge in [-0.2, -0.15) is 0 Å². The van der Waals surface area contributed by atoms with Gasteiger partial charge in [-0.1, -0.05) is 36.4 Å². The van der Waals surface area contributed by atoms with Gasteiger partial charge in [0.25, 0.3) is 0 Å². The van der Waals surface area contributed by atoms with Gasteiger partial charge in [0, 0.05) is 13.7 Å². The van der Waals surface area contributed by atoms with Crippen LogP contribution in [0.5, 0.6) is 5.75 Å². The Bertz CT molecular complexity index is 960. The van der Waals surface area contributed by atoms with E-state index in [-0.39, 0.29) is 35.4 Å². The number of epoxide rings is 2. The highest BCUT2D eigenvalue weighted by Crippen LogP contribution is 2.59. The molecular formula is C30H43NO5. The Morgan fingerprint density at radius 1 is 1.22 bits per heavy atom. The van der Waals surface area contributed by atoms with Gasteiger partial charge in [0.15, 0.2) is 0 Å². The molecule has 0 N–H and O–H groups in total. The van der Waals surface area contributed by atoms with E-state index in [2.05, 4.69) is 38.3 Å². The van der Waals surface area contributed by atoms with Crippen LogP contribution in [-0.4, -0.2) is 75.4 Å². The first-order chi connectivity index (χ1) is 17.2. The van der Waals surface area contributed by atoms with Crippen LogP contribution in [0.25, 0.3) is 6.08 Å². The normalized spacial score (nSPS) is 33.1. The van der Waals surface area contributed by atoms with E-state index in [9.17, 15) is 0 Å². The van der Waals surface area contributed by atoms with Gasteiger partial charge in [-0.15, -0.1) is 0 Å². The molecule has 6 unspecified atom stereocenters. The van der Waals surface area contributed by atoms with Crippen LogP contribution in [-0.2, 0) is 18.9 Å². The van der Waals surface area contributed by atoms with Crippen molar-refractivity contribution in [2.75, 3.05) is 41.0 Å². The van der Waals surface area contributed by atoms with Crippen LogP contribution in [0.15, 0.2) is 54.3 Å². The van der Waals surface area contributed by atoms with E-state index >= 15 is 0 Å².